The Morgan fingerprint density at radius 2 is 2.08 bits per heavy atom. The van der Waals surface area contributed by atoms with Crippen LogP contribution in [-0.4, -0.2) is 24.8 Å². The molecule has 0 unspecified atom stereocenters. The number of anilines is 1. The van der Waals surface area contributed by atoms with Crippen molar-refractivity contribution in [1.29, 1.82) is 0 Å². The minimum atomic E-state index is -0.647. The monoisotopic (exact) mass is 403 g/mol. The van der Waals surface area contributed by atoms with E-state index in [4.69, 9.17) is 16.0 Å². The number of nitrogens with two attached hydrogens (primary N) is 2. The molecule has 1 heterocycles. The maximum absolute atomic E-state index is 12.1. The van der Waals surface area contributed by atoms with Crippen molar-refractivity contribution in [2.75, 3.05) is 11.9 Å². The Hall–Kier alpha value is -2.13. The molecule has 26 heavy (non-hydrogen) atoms. The lowest BCUT2D eigenvalue weighted by molar-refractivity contribution is -0.117. The number of hydrogen-bond acceptors (Lipinski definition) is 6. The van der Waals surface area contributed by atoms with Gasteiger partial charge >= 0.3 is 5.63 Å². The van der Waals surface area contributed by atoms with Crippen molar-refractivity contribution in [3.63, 3.8) is 0 Å². The minimum Gasteiger partial charge on any atom is -0.423 e. The van der Waals surface area contributed by atoms with E-state index in [-0.39, 0.29) is 30.7 Å². The summed E-state index contributed by atoms with van der Waals surface area (Å²) in [5, 5.41) is 3.55. The summed E-state index contributed by atoms with van der Waals surface area (Å²) in [7, 11) is 0. The number of carbonyl (C=O) groups excluding carboxylic acids is 1. The third-order valence-electron chi connectivity index (χ3n) is 3.52. The number of halogens is 2. The zero-order valence-electron chi connectivity index (χ0n) is 14.2. The molecule has 1 atom stereocenters. The molecule has 1 aromatic heterocycles. The van der Waals surface area contributed by atoms with Gasteiger partial charge in [-0.25, -0.2) is 10.6 Å². The first-order valence-electron chi connectivity index (χ1n) is 7.56. The molecule has 0 aliphatic rings. The van der Waals surface area contributed by atoms with E-state index in [0.717, 1.165) is 10.9 Å². The molecular formula is C16H23Cl2N5O3. The number of fused-ring (bicyclic) bond motifs is 1. The van der Waals surface area contributed by atoms with Gasteiger partial charge in [0.15, 0.2) is 0 Å². The van der Waals surface area contributed by atoms with Crippen LogP contribution in [0.4, 0.5) is 5.69 Å². The van der Waals surface area contributed by atoms with Crippen molar-refractivity contribution >= 4 is 53.7 Å². The van der Waals surface area contributed by atoms with Gasteiger partial charge in [-0.15, -0.1) is 24.8 Å². The average Bonchev–Trinajstić information content (AvgIpc) is 2.53. The van der Waals surface area contributed by atoms with Gasteiger partial charge in [0.25, 0.3) is 0 Å². The van der Waals surface area contributed by atoms with Crippen LogP contribution in [0.3, 0.4) is 0 Å². The van der Waals surface area contributed by atoms with Gasteiger partial charge in [0.1, 0.15) is 5.58 Å². The summed E-state index contributed by atoms with van der Waals surface area (Å²) >= 11 is 0. The normalized spacial score (nSPS) is 11.5. The summed E-state index contributed by atoms with van der Waals surface area (Å²) < 4.78 is 5.16. The van der Waals surface area contributed by atoms with Crippen LogP contribution < -0.4 is 27.9 Å². The predicted octanol–water partition coefficient (Wildman–Crippen LogP) is 1.48. The molecule has 1 amide bonds. The molecule has 8 nitrogen and oxygen atoms in total. The fourth-order valence-electron chi connectivity index (χ4n) is 2.29. The Morgan fingerprint density at radius 3 is 2.77 bits per heavy atom. The maximum atomic E-state index is 12.1. The van der Waals surface area contributed by atoms with E-state index in [1.807, 2.05) is 6.92 Å². The molecular weight excluding hydrogens is 381 g/mol. The number of aliphatic imine (C=N–C) groups is 1. The molecule has 0 aliphatic heterocycles. The number of nitrogens with zero attached hydrogens (tertiary/aromatic N) is 1. The second kappa shape index (κ2) is 11.5. The van der Waals surface area contributed by atoms with E-state index in [9.17, 15) is 9.59 Å². The van der Waals surface area contributed by atoms with Crippen LogP contribution in [0.1, 0.15) is 18.4 Å². The Labute approximate surface area is 163 Å². The zero-order chi connectivity index (χ0) is 17.5. The summed E-state index contributed by atoms with van der Waals surface area (Å²) in [6.07, 6.45) is 2.55. The number of hydrogen-bond donors (Lipinski definition) is 4. The van der Waals surface area contributed by atoms with E-state index in [0.29, 0.717) is 30.7 Å². The van der Waals surface area contributed by atoms with E-state index in [1.54, 1.807) is 18.2 Å². The Morgan fingerprint density at radius 1 is 1.35 bits per heavy atom. The van der Waals surface area contributed by atoms with Gasteiger partial charge in [-0.2, -0.15) is 0 Å². The fraction of sp³-hybridized carbons (Fsp3) is 0.312. The maximum Gasteiger partial charge on any atom is 0.336 e. The molecule has 6 N–H and O–H groups in total. The van der Waals surface area contributed by atoms with E-state index in [1.165, 1.54) is 12.4 Å². The third-order valence-corrected chi connectivity index (χ3v) is 3.52. The van der Waals surface area contributed by atoms with Crippen LogP contribution in [-0.2, 0) is 4.79 Å². The highest BCUT2D eigenvalue weighted by Crippen LogP contribution is 2.20. The molecule has 10 heteroatoms. The van der Waals surface area contributed by atoms with Crippen molar-refractivity contribution in [1.82, 2.24) is 5.43 Å². The zero-order valence-corrected chi connectivity index (χ0v) is 15.9. The summed E-state index contributed by atoms with van der Waals surface area (Å²) in [5.41, 5.74) is 9.52. The lowest BCUT2D eigenvalue weighted by Crippen LogP contribution is -2.35. The number of hydrazine groups is 1. The van der Waals surface area contributed by atoms with Crippen LogP contribution in [0.5, 0.6) is 0 Å². The topological polar surface area (TPSA) is 136 Å². The number of nitrogens with one attached hydrogen (secondary N) is 2. The second-order valence-corrected chi connectivity index (χ2v) is 5.40. The Bertz CT molecular complexity index is 810. The molecule has 0 saturated carbocycles. The van der Waals surface area contributed by atoms with Crippen molar-refractivity contribution < 1.29 is 9.21 Å². The first kappa shape index (κ1) is 23.9. The van der Waals surface area contributed by atoms with Crippen molar-refractivity contribution in [2.24, 2.45) is 16.6 Å². The van der Waals surface area contributed by atoms with Gasteiger partial charge < -0.3 is 20.9 Å². The number of aryl methyl sites for hydroxylation is 1. The smallest absolute Gasteiger partial charge is 0.336 e. The quantitative estimate of drug-likeness (QED) is 0.138. The van der Waals surface area contributed by atoms with E-state index in [2.05, 4.69) is 15.7 Å². The average molecular weight is 404 g/mol. The molecule has 0 aliphatic carbocycles. The third kappa shape index (κ3) is 6.64. The lowest BCUT2D eigenvalue weighted by atomic mass is 10.1. The van der Waals surface area contributed by atoms with Gasteiger partial charge in [-0.05, 0) is 37.5 Å². The molecule has 0 saturated heterocycles. The van der Waals surface area contributed by atoms with Crippen molar-refractivity contribution in [3.05, 3.63) is 40.2 Å². The van der Waals surface area contributed by atoms with Gasteiger partial charge in [-0.1, -0.05) is 0 Å². The minimum absolute atomic E-state index is 0. The summed E-state index contributed by atoms with van der Waals surface area (Å²) in [5.74, 6) is 4.75. The second-order valence-electron chi connectivity index (χ2n) is 5.40. The summed E-state index contributed by atoms with van der Waals surface area (Å²) in [6, 6.07) is 5.94. The molecule has 0 bridgehead atoms. The number of amides is 1. The van der Waals surface area contributed by atoms with Crippen LogP contribution in [0.25, 0.3) is 11.0 Å². The Balaban J connectivity index is 0.00000312. The molecule has 0 spiro atoms. The largest absolute Gasteiger partial charge is 0.423 e. The van der Waals surface area contributed by atoms with E-state index >= 15 is 0 Å². The lowest BCUT2D eigenvalue weighted by Gasteiger charge is -2.12. The van der Waals surface area contributed by atoms with Gasteiger partial charge in [0.2, 0.25) is 5.91 Å². The Kier molecular flexibility index (Phi) is 10.5. The van der Waals surface area contributed by atoms with Crippen LogP contribution in [0.15, 0.2) is 38.5 Å². The highest BCUT2D eigenvalue weighted by Gasteiger charge is 2.13. The fourth-order valence-corrected chi connectivity index (χ4v) is 2.29. The van der Waals surface area contributed by atoms with Crippen molar-refractivity contribution in [2.45, 2.75) is 25.8 Å². The number of benzene rings is 1. The van der Waals surface area contributed by atoms with Crippen molar-refractivity contribution in [3.8, 4) is 0 Å². The molecule has 2 aromatic rings. The SMILES string of the molecule is Cc1cc(=O)oc2cc(NC(=O)[C@@H](N)CCCN=CNN)ccc12.Cl.Cl. The van der Waals surface area contributed by atoms with Gasteiger partial charge in [0.05, 0.1) is 12.4 Å². The first-order chi connectivity index (χ1) is 11.5. The molecule has 0 fully saturated rings. The first-order valence-corrected chi connectivity index (χ1v) is 7.56. The molecule has 0 radical (unpaired) electrons. The summed E-state index contributed by atoms with van der Waals surface area (Å²) in [4.78, 5) is 27.5. The number of rotatable bonds is 7. The van der Waals surface area contributed by atoms with E-state index < -0.39 is 11.7 Å². The molecule has 144 valence electrons. The predicted molar refractivity (Wildman–Crippen MR) is 108 cm³/mol. The highest BCUT2D eigenvalue weighted by atomic mass is 35.5. The highest BCUT2D eigenvalue weighted by molar-refractivity contribution is 5.96. The van der Waals surface area contributed by atoms with Gasteiger partial charge in [0, 0.05) is 29.8 Å². The van der Waals surface area contributed by atoms with Crippen LogP contribution in [0, 0.1) is 6.92 Å². The molecule has 2 rings (SSSR count). The number of carbonyl (C=O) groups is 1. The van der Waals surface area contributed by atoms with Crippen LogP contribution in [0.2, 0.25) is 0 Å². The van der Waals surface area contributed by atoms with Crippen LogP contribution >= 0.6 is 24.8 Å². The summed E-state index contributed by atoms with van der Waals surface area (Å²) in [6.45, 7) is 2.36. The molecule has 1 aromatic carbocycles. The van der Waals surface area contributed by atoms with Gasteiger partial charge in [-0.3, -0.25) is 9.79 Å². The standard InChI is InChI=1S/C16H21N5O3.2ClH/c1-10-7-15(22)24-14-8-11(4-5-12(10)14)21-16(23)13(17)3-2-6-19-9-20-18;;/h4-5,7-9,13H,2-3,6,17-18H2,1H3,(H,19,20)(H,21,23);2*1H/t13-;;/m0../s1.